The minimum atomic E-state index is -4.11. The molecule has 0 saturated heterocycles. The minimum Gasteiger partial charge on any atom is -0.384 e. The molecule has 0 radical (unpaired) electrons. The van der Waals surface area contributed by atoms with Gasteiger partial charge in [-0.15, -0.1) is 0 Å². The van der Waals surface area contributed by atoms with Gasteiger partial charge < -0.3 is 5.11 Å². The number of hydrogen-bond acceptors (Lipinski definition) is 3. The maximum absolute atomic E-state index is 13.8. The van der Waals surface area contributed by atoms with Crippen molar-refractivity contribution in [1.82, 2.24) is 4.72 Å². The summed E-state index contributed by atoms with van der Waals surface area (Å²) >= 11 is 0. The van der Waals surface area contributed by atoms with Gasteiger partial charge in [0, 0.05) is 12.1 Å². The van der Waals surface area contributed by atoms with E-state index in [1.165, 1.54) is 0 Å². The lowest BCUT2D eigenvalue weighted by Crippen LogP contribution is -2.28. The van der Waals surface area contributed by atoms with Crippen LogP contribution in [0.1, 0.15) is 18.9 Å². The Morgan fingerprint density at radius 2 is 2.10 bits per heavy atom. The molecule has 1 aliphatic carbocycles. The summed E-state index contributed by atoms with van der Waals surface area (Å²) in [4.78, 5) is -0.682. The van der Waals surface area contributed by atoms with Crippen molar-refractivity contribution < 1.29 is 22.3 Å². The first-order valence-corrected chi connectivity index (χ1v) is 7.44. The molecule has 0 bridgehead atoms. The second-order valence-electron chi connectivity index (χ2n) is 4.66. The van der Waals surface area contributed by atoms with E-state index < -0.39 is 33.2 Å². The fourth-order valence-corrected chi connectivity index (χ4v) is 3.37. The van der Waals surface area contributed by atoms with Crippen molar-refractivity contribution in [1.29, 1.82) is 0 Å². The standard InChI is InChI=1S/C13H13F2NO3S/c1-8-5-12(8)16-20(18,19)13-9(3-2-4-17)6-10(14)7-11(13)15/h6-8,12,16-17H,4-5H2,1H3. The van der Waals surface area contributed by atoms with Crippen molar-refractivity contribution in [3.05, 3.63) is 29.3 Å². The molecule has 0 heterocycles. The molecular weight excluding hydrogens is 288 g/mol. The van der Waals surface area contributed by atoms with E-state index in [-0.39, 0.29) is 17.5 Å². The number of benzene rings is 1. The lowest BCUT2D eigenvalue weighted by molar-refractivity contribution is 0.350. The summed E-state index contributed by atoms with van der Waals surface area (Å²) < 4.78 is 53.6. The lowest BCUT2D eigenvalue weighted by atomic mass is 10.2. The summed E-state index contributed by atoms with van der Waals surface area (Å²) in [5, 5.41) is 8.62. The number of sulfonamides is 1. The summed E-state index contributed by atoms with van der Waals surface area (Å²) in [6, 6.07) is 1.09. The third-order valence-corrected chi connectivity index (χ3v) is 4.56. The van der Waals surface area contributed by atoms with Gasteiger partial charge in [-0.25, -0.2) is 21.9 Å². The second kappa shape index (κ2) is 5.48. The highest BCUT2D eigenvalue weighted by Gasteiger charge is 2.38. The van der Waals surface area contributed by atoms with E-state index in [0.29, 0.717) is 12.5 Å². The molecule has 1 fully saturated rings. The number of aliphatic hydroxyl groups is 1. The van der Waals surface area contributed by atoms with E-state index in [9.17, 15) is 17.2 Å². The molecule has 0 amide bonds. The number of rotatable bonds is 3. The number of nitrogens with one attached hydrogen (secondary N) is 1. The van der Waals surface area contributed by atoms with Crippen LogP contribution in [0.25, 0.3) is 0 Å². The van der Waals surface area contributed by atoms with Gasteiger partial charge >= 0.3 is 0 Å². The third kappa shape index (κ3) is 3.15. The van der Waals surface area contributed by atoms with Crippen molar-refractivity contribution >= 4 is 10.0 Å². The van der Waals surface area contributed by atoms with E-state index in [2.05, 4.69) is 16.6 Å². The zero-order valence-electron chi connectivity index (χ0n) is 10.7. The van der Waals surface area contributed by atoms with E-state index in [4.69, 9.17) is 5.11 Å². The molecule has 7 heteroatoms. The molecule has 0 spiro atoms. The fourth-order valence-electron chi connectivity index (χ4n) is 1.81. The Morgan fingerprint density at radius 3 is 2.65 bits per heavy atom. The average Bonchev–Trinajstić information content (AvgIpc) is 2.99. The van der Waals surface area contributed by atoms with Crippen LogP contribution in [0.4, 0.5) is 8.78 Å². The van der Waals surface area contributed by atoms with Gasteiger partial charge in [-0.1, -0.05) is 18.8 Å². The Hall–Kier alpha value is -1.49. The van der Waals surface area contributed by atoms with Gasteiger partial charge in [0.2, 0.25) is 10.0 Å². The molecule has 1 aliphatic rings. The van der Waals surface area contributed by atoms with Crippen molar-refractivity contribution in [3.63, 3.8) is 0 Å². The van der Waals surface area contributed by atoms with Crippen LogP contribution in [0.2, 0.25) is 0 Å². The minimum absolute atomic E-state index is 0.195. The molecule has 20 heavy (non-hydrogen) atoms. The lowest BCUT2D eigenvalue weighted by Gasteiger charge is -2.09. The predicted molar refractivity (Wildman–Crippen MR) is 68.2 cm³/mol. The molecular formula is C13H13F2NO3S. The van der Waals surface area contributed by atoms with Crippen LogP contribution >= 0.6 is 0 Å². The van der Waals surface area contributed by atoms with E-state index in [1.807, 2.05) is 6.92 Å². The summed E-state index contributed by atoms with van der Waals surface area (Å²) in [7, 11) is -4.11. The molecule has 2 unspecified atom stereocenters. The Labute approximate surface area is 115 Å². The van der Waals surface area contributed by atoms with E-state index >= 15 is 0 Å². The molecule has 1 aromatic rings. The van der Waals surface area contributed by atoms with Crippen molar-refractivity contribution in [2.45, 2.75) is 24.3 Å². The predicted octanol–water partition coefficient (Wildman–Crippen LogP) is 0.995. The third-order valence-electron chi connectivity index (χ3n) is 3.00. The van der Waals surface area contributed by atoms with Crippen molar-refractivity contribution in [3.8, 4) is 11.8 Å². The Balaban J connectivity index is 2.48. The number of aliphatic hydroxyl groups excluding tert-OH is 1. The quantitative estimate of drug-likeness (QED) is 0.818. The highest BCUT2D eigenvalue weighted by Crippen LogP contribution is 2.31. The van der Waals surface area contributed by atoms with Crippen molar-refractivity contribution in [2.75, 3.05) is 6.61 Å². The molecule has 0 aromatic heterocycles. The van der Waals surface area contributed by atoms with Gasteiger partial charge in [0.25, 0.3) is 0 Å². The van der Waals surface area contributed by atoms with Crippen molar-refractivity contribution in [2.24, 2.45) is 5.92 Å². The van der Waals surface area contributed by atoms with Crippen LogP contribution in [-0.2, 0) is 10.0 Å². The molecule has 1 saturated carbocycles. The first-order valence-electron chi connectivity index (χ1n) is 5.96. The Kier molecular flexibility index (Phi) is 4.09. The van der Waals surface area contributed by atoms with Gasteiger partial charge in [0.05, 0.1) is 5.56 Å². The molecule has 2 atom stereocenters. The van der Waals surface area contributed by atoms with Gasteiger partial charge in [-0.05, 0) is 18.4 Å². The smallest absolute Gasteiger partial charge is 0.245 e. The zero-order valence-corrected chi connectivity index (χ0v) is 11.5. The van der Waals surface area contributed by atoms with Gasteiger partial charge in [-0.2, -0.15) is 0 Å². The Bertz CT molecular complexity index is 692. The molecule has 4 nitrogen and oxygen atoms in total. The van der Waals surface area contributed by atoms with E-state index in [0.717, 1.165) is 6.07 Å². The van der Waals surface area contributed by atoms with Crippen LogP contribution in [0.3, 0.4) is 0 Å². The van der Waals surface area contributed by atoms with Crippen LogP contribution < -0.4 is 4.72 Å². The van der Waals surface area contributed by atoms with Gasteiger partial charge in [0.15, 0.2) is 0 Å². The molecule has 2 rings (SSSR count). The van der Waals surface area contributed by atoms with Crippen LogP contribution in [0.5, 0.6) is 0 Å². The largest absolute Gasteiger partial charge is 0.384 e. The Morgan fingerprint density at radius 1 is 1.45 bits per heavy atom. The highest BCUT2D eigenvalue weighted by molar-refractivity contribution is 7.89. The van der Waals surface area contributed by atoms with Crippen LogP contribution in [-0.4, -0.2) is 26.2 Å². The van der Waals surface area contributed by atoms with Gasteiger partial charge in [-0.3, -0.25) is 0 Å². The summed E-state index contributed by atoms with van der Waals surface area (Å²) in [5.41, 5.74) is -0.308. The monoisotopic (exact) mass is 301 g/mol. The first-order chi connectivity index (χ1) is 9.35. The molecule has 0 aliphatic heterocycles. The molecule has 2 N–H and O–H groups in total. The summed E-state index contributed by atoms with van der Waals surface area (Å²) in [6.07, 6.45) is 0.680. The molecule has 1 aromatic carbocycles. The normalized spacial score (nSPS) is 21.2. The van der Waals surface area contributed by atoms with E-state index in [1.54, 1.807) is 0 Å². The average molecular weight is 301 g/mol. The maximum Gasteiger partial charge on any atom is 0.245 e. The van der Waals surface area contributed by atoms with Gasteiger partial charge in [0.1, 0.15) is 23.1 Å². The fraction of sp³-hybridized carbons (Fsp3) is 0.385. The summed E-state index contributed by atoms with van der Waals surface area (Å²) in [6.45, 7) is 1.32. The highest BCUT2D eigenvalue weighted by atomic mass is 32.2. The number of hydrogen-bond donors (Lipinski definition) is 2. The first kappa shape index (κ1) is 14.9. The van der Waals surface area contributed by atoms with Crippen LogP contribution in [0, 0.1) is 29.4 Å². The van der Waals surface area contributed by atoms with Crippen LogP contribution in [0.15, 0.2) is 17.0 Å². The maximum atomic E-state index is 13.8. The SMILES string of the molecule is CC1CC1NS(=O)(=O)c1c(F)cc(F)cc1C#CCO. The topological polar surface area (TPSA) is 66.4 Å². The zero-order chi connectivity index (χ0) is 14.9. The number of halogens is 2. The second-order valence-corrected chi connectivity index (χ2v) is 6.32. The molecule has 108 valence electrons. The summed E-state index contributed by atoms with van der Waals surface area (Å²) in [5.74, 6) is 2.51.